The van der Waals surface area contributed by atoms with Gasteiger partial charge in [0.25, 0.3) is 5.91 Å². The van der Waals surface area contributed by atoms with Crippen molar-refractivity contribution in [3.05, 3.63) is 106 Å². The number of hydrogen-bond donors (Lipinski definition) is 0. The Morgan fingerprint density at radius 2 is 1.81 bits per heavy atom. The van der Waals surface area contributed by atoms with E-state index in [1.54, 1.807) is 12.1 Å². The number of halogens is 1. The lowest BCUT2D eigenvalue weighted by Gasteiger charge is -2.25. The molecule has 0 radical (unpaired) electrons. The van der Waals surface area contributed by atoms with Gasteiger partial charge in [0.2, 0.25) is 5.76 Å². The van der Waals surface area contributed by atoms with Crippen LogP contribution in [-0.2, 0) is 0 Å². The van der Waals surface area contributed by atoms with Crippen molar-refractivity contribution >= 4 is 22.6 Å². The van der Waals surface area contributed by atoms with Crippen LogP contribution in [0.25, 0.3) is 11.0 Å². The first kappa shape index (κ1) is 19.1. The van der Waals surface area contributed by atoms with Gasteiger partial charge in [-0.15, -0.1) is 0 Å². The third-order valence-electron chi connectivity index (χ3n) is 5.35. The first-order chi connectivity index (χ1) is 15.1. The fourth-order valence-corrected chi connectivity index (χ4v) is 4.06. The van der Waals surface area contributed by atoms with Crippen LogP contribution in [0.3, 0.4) is 0 Å². The molecule has 0 saturated heterocycles. The van der Waals surface area contributed by atoms with Crippen molar-refractivity contribution in [3.63, 3.8) is 0 Å². The lowest BCUT2D eigenvalue weighted by molar-refractivity contribution is 0.0971. The Morgan fingerprint density at radius 1 is 1.00 bits per heavy atom. The van der Waals surface area contributed by atoms with Crippen LogP contribution in [0.5, 0.6) is 5.75 Å². The van der Waals surface area contributed by atoms with Crippen LogP contribution < -0.4 is 15.1 Å². The van der Waals surface area contributed by atoms with E-state index >= 15 is 0 Å². The van der Waals surface area contributed by atoms with Crippen LogP contribution in [-0.4, -0.2) is 12.5 Å². The summed E-state index contributed by atoms with van der Waals surface area (Å²) in [5.74, 6) is -0.361. The third kappa shape index (κ3) is 3.08. The quantitative estimate of drug-likeness (QED) is 0.466. The first-order valence-electron chi connectivity index (χ1n) is 9.96. The zero-order chi connectivity index (χ0) is 21.5. The van der Waals surface area contributed by atoms with Gasteiger partial charge in [0.05, 0.1) is 23.6 Å². The largest absolute Gasteiger partial charge is 0.494 e. The molecule has 31 heavy (non-hydrogen) atoms. The van der Waals surface area contributed by atoms with Gasteiger partial charge in [0.1, 0.15) is 17.1 Å². The SMILES string of the molecule is CCOc1cccc(C2c3c(oc4ccc(F)cc4c3=O)C(=O)N2c2ccccc2)c1. The second kappa shape index (κ2) is 7.40. The molecular formula is C25H18FNO4. The Bertz CT molecular complexity index is 1360. The molecule has 0 fully saturated rings. The number of carbonyl (C=O) groups excluding carboxylic acids is 1. The fourth-order valence-electron chi connectivity index (χ4n) is 4.06. The zero-order valence-electron chi connectivity index (χ0n) is 16.7. The third-order valence-corrected chi connectivity index (χ3v) is 5.35. The Labute approximate surface area is 177 Å². The van der Waals surface area contributed by atoms with Gasteiger partial charge in [-0.2, -0.15) is 0 Å². The summed E-state index contributed by atoms with van der Waals surface area (Å²) in [7, 11) is 0. The smallest absolute Gasteiger partial charge is 0.295 e. The lowest BCUT2D eigenvalue weighted by Crippen LogP contribution is -2.29. The maximum absolute atomic E-state index is 13.9. The standard InChI is InChI=1S/C25H18FNO4/c1-2-30-18-10-6-7-15(13-18)22-21-23(28)19-14-16(26)11-12-20(19)31-24(21)25(29)27(22)17-8-4-3-5-9-17/h3-14,22H,2H2,1H3. The minimum absolute atomic E-state index is 0.0280. The summed E-state index contributed by atoms with van der Waals surface area (Å²) >= 11 is 0. The minimum atomic E-state index is -0.728. The monoisotopic (exact) mass is 415 g/mol. The zero-order valence-corrected chi connectivity index (χ0v) is 16.7. The predicted octanol–water partition coefficient (Wildman–Crippen LogP) is 5.08. The number of anilines is 1. The number of nitrogens with zero attached hydrogens (tertiary/aromatic N) is 1. The van der Waals surface area contributed by atoms with E-state index in [9.17, 15) is 14.0 Å². The van der Waals surface area contributed by atoms with Crippen molar-refractivity contribution < 1.29 is 18.3 Å². The molecule has 1 aliphatic rings. The van der Waals surface area contributed by atoms with Crippen molar-refractivity contribution in [2.45, 2.75) is 13.0 Å². The van der Waals surface area contributed by atoms with Gasteiger partial charge in [0, 0.05) is 5.69 Å². The number of benzene rings is 3. The van der Waals surface area contributed by atoms with Crippen molar-refractivity contribution in [1.29, 1.82) is 0 Å². The Kier molecular flexibility index (Phi) is 4.55. The van der Waals surface area contributed by atoms with Crippen molar-refractivity contribution in [1.82, 2.24) is 0 Å². The normalized spacial score (nSPS) is 15.4. The molecule has 1 amide bonds. The number of amides is 1. The topological polar surface area (TPSA) is 59.8 Å². The van der Waals surface area contributed by atoms with E-state index < -0.39 is 23.2 Å². The number of carbonyl (C=O) groups is 1. The molecule has 0 saturated carbocycles. The molecule has 5 nitrogen and oxygen atoms in total. The average Bonchev–Trinajstić information content (AvgIpc) is 3.08. The van der Waals surface area contributed by atoms with Gasteiger partial charge in [-0.3, -0.25) is 14.5 Å². The van der Waals surface area contributed by atoms with Gasteiger partial charge in [0.15, 0.2) is 5.43 Å². The molecule has 4 aromatic rings. The highest BCUT2D eigenvalue weighted by molar-refractivity contribution is 6.10. The second-order valence-electron chi connectivity index (χ2n) is 7.23. The highest BCUT2D eigenvalue weighted by Crippen LogP contribution is 2.41. The summed E-state index contributed by atoms with van der Waals surface area (Å²) in [6.07, 6.45) is 0. The van der Waals surface area contributed by atoms with Crippen LogP contribution in [0.15, 0.2) is 82.0 Å². The molecule has 6 heteroatoms. The van der Waals surface area contributed by atoms with Gasteiger partial charge in [-0.05, 0) is 55.0 Å². The van der Waals surface area contributed by atoms with Gasteiger partial charge < -0.3 is 9.15 Å². The van der Waals surface area contributed by atoms with E-state index in [1.807, 2.05) is 49.4 Å². The number of hydrogen-bond acceptors (Lipinski definition) is 4. The van der Waals surface area contributed by atoms with Crippen LogP contribution in [0.4, 0.5) is 10.1 Å². The molecule has 0 aliphatic carbocycles. The predicted molar refractivity (Wildman–Crippen MR) is 115 cm³/mol. The summed E-state index contributed by atoms with van der Waals surface area (Å²) in [6.45, 7) is 2.37. The first-order valence-corrected chi connectivity index (χ1v) is 9.96. The van der Waals surface area contributed by atoms with E-state index in [-0.39, 0.29) is 22.3 Å². The summed E-state index contributed by atoms with van der Waals surface area (Å²) in [5, 5.41) is 0.104. The summed E-state index contributed by atoms with van der Waals surface area (Å²) < 4.78 is 25.3. The molecule has 3 aromatic carbocycles. The van der Waals surface area contributed by atoms with Crippen molar-refractivity contribution in [3.8, 4) is 5.75 Å². The average molecular weight is 415 g/mol. The van der Waals surface area contributed by atoms with E-state index in [4.69, 9.17) is 9.15 Å². The molecule has 1 aliphatic heterocycles. The van der Waals surface area contributed by atoms with Gasteiger partial charge >= 0.3 is 0 Å². The molecule has 0 spiro atoms. The highest BCUT2D eigenvalue weighted by Gasteiger charge is 2.43. The minimum Gasteiger partial charge on any atom is -0.494 e. The van der Waals surface area contributed by atoms with Gasteiger partial charge in [-0.25, -0.2) is 4.39 Å². The van der Waals surface area contributed by atoms with Crippen LogP contribution >= 0.6 is 0 Å². The molecule has 0 N–H and O–H groups in total. The summed E-state index contributed by atoms with van der Waals surface area (Å²) in [6, 6.07) is 19.3. The number of rotatable bonds is 4. The van der Waals surface area contributed by atoms with E-state index in [0.29, 0.717) is 23.6 Å². The Balaban J connectivity index is 1.80. The van der Waals surface area contributed by atoms with Crippen molar-refractivity contribution in [2.24, 2.45) is 0 Å². The molecule has 2 heterocycles. The Morgan fingerprint density at radius 3 is 2.58 bits per heavy atom. The molecule has 1 atom stereocenters. The number of ether oxygens (including phenoxy) is 1. The highest BCUT2D eigenvalue weighted by atomic mass is 19.1. The van der Waals surface area contributed by atoms with Gasteiger partial charge in [-0.1, -0.05) is 30.3 Å². The maximum atomic E-state index is 13.9. The van der Waals surface area contributed by atoms with Crippen molar-refractivity contribution in [2.75, 3.05) is 11.5 Å². The lowest BCUT2D eigenvalue weighted by atomic mass is 9.98. The van der Waals surface area contributed by atoms with Crippen LogP contribution in [0.2, 0.25) is 0 Å². The molecule has 1 unspecified atom stereocenters. The molecule has 154 valence electrons. The van der Waals surface area contributed by atoms with E-state index in [2.05, 4.69) is 0 Å². The summed E-state index contributed by atoms with van der Waals surface area (Å²) in [5.41, 5.74) is 1.27. The van der Waals surface area contributed by atoms with E-state index in [0.717, 1.165) is 6.07 Å². The number of para-hydroxylation sites is 1. The van der Waals surface area contributed by atoms with Crippen LogP contribution in [0, 0.1) is 5.82 Å². The maximum Gasteiger partial charge on any atom is 0.295 e. The molecule has 1 aromatic heterocycles. The van der Waals surface area contributed by atoms with Crippen LogP contribution in [0.1, 0.15) is 34.6 Å². The number of fused-ring (bicyclic) bond motifs is 2. The Hall–Kier alpha value is -3.93. The molecular weight excluding hydrogens is 397 g/mol. The molecule has 5 rings (SSSR count). The van der Waals surface area contributed by atoms with E-state index in [1.165, 1.54) is 17.0 Å². The second-order valence-corrected chi connectivity index (χ2v) is 7.23. The molecule has 0 bridgehead atoms. The fraction of sp³-hybridized carbons (Fsp3) is 0.120. The summed E-state index contributed by atoms with van der Waals surface area (Å²) in [4.78, 5) is 28.4.